The first-order valence-corrected chi connectivity index (χ1v) is 7.42. The number of aromatic nitrogens is 2. The van der Waals surface area contributed by atoms with Crippen molar-refractivity contribution in [2.24, 2.45) is 0 Å². The molecule has 0 fully saturated rings. The summed E-state index contributed by atoms with van der Waals surface area (Å²) in [6, 6.07) is 7.84. The lowest BCUT2D eigenvalue weighted by Gasteiger charge is -2.05. The number of hydrogen-bond acceptors (Lipinski definition) is 5. The minimum absolute atomic E-state index is 0.816. The summed E-state index contributed by atoms with van der Waals surface area (Å²) in [5, 5.41) is 12.9. The van der Waals surface area contributed by atoms with Gasteiger partial charge in [-0.05, 0) is 31.2 Å². The summed E-state index contributed by atoms with van der Waals surface area (Å²) in [5.41, 5.74) is 4.52. The van der Waals surface area contributed by atoms with Gasteiger partial charge in [0.1, 0.15) is 5.52 Å². The van der Waals surface area contributed by atoms with E-state index in [0.29, 0.717) is 0 Å². The molecular weight excluding hydrogens is 280 g/mol. The highest BCUT2D eigenvalue weighted by molar-refractivity contribution is 7.17. The maximum Gasteiger partial charge on any atom is 0.105 e. The van der Waals surface area contributed by atoms with Crippen molar-refractivity contribution in [2.45, 2.75) is 6.92 Å². The van der Waals surface area contributed by atoms with Crippen LogP contribution in [-0.2, 0) is 0 Å². The molecule has 0 aromatic carbocycles. The molecule has 0 bridgehead atoms. The summed E-state index contributed by atoms with van der Waals surface area (Å²) < 4.78 is 1.12. The van der Waals surface area contributed by atoms with E-state index >= 15 is 0 Å². The maximum atomic E-state index is 7.45. The monoisotopic (exact) mass is 294 g/mol. The van der Waals surface area contributed by atoms with E-state index in [0.717, 1.165) is 32.9 Å². The van der Waals surface area contributed by atoms with Gasteiger partial charge in [0.2, 0.25) is 0 Å². The molecule has 21 heavy (non-hydrogen) atoms. The number of thiophene rings is 1. The van der Waals surface area contributed by atoms with E-state index in [2.05, 4.69) is 20.7 Å². The number of anilines is 2. The highest BCUT2D eigenvalue weighted by Crippen LogP contribution is 2.31. The molecule has 2 N–H and O–H groups in total. The van der Waals surface area contributed by atoms with Gasteiger partial charge < -0.3 is 10.7 Å². The van der Waals surface area contributed by atoms with Gasteiger partial charge in [-0.1, -0.05) is 6.08 Å². The fraction of sp³-hybridized carbons (Fsp3) is 0.0625. The van der Waals surface area contributed by atoms with E-state index in [1.54, 1.807) is 23.7 Å². The topological polar surface area (TPSA) is 61.7 Å². The smallest absolute Gasteiger partial charge is 0.105 e. The van der Waals surface area contributed by atoms with Crippen LogP contribution in [0.15, 0.2) is 48.1 Å². The lowest BCUT2D eigenvalue weighted by atomic mass is 10.1. The predicted octanol–water partition coefficient (Wildman–Crippen LogP) is 4.49. The normalized spacial score (nSPS) is 11.6. The fourth-order valence-corrected chi connectivity index (χ4v) is 2.89. The average molecular weight is 294 g/mol. The summed E-state index contributed by atoms with van der Waals surface area (Å²) in [6.07, 6.45) is 6.73. The van der Waals surface area contributed by atoms with Crippen LogP contribution in [-0.4, -0.2) is 16.2 Å². The molecule has 3 aromatic rings. The molecule has 0 radical (unpaired) electrons. The van der Waals surface area contributed by atoms with Crippen LogP contribution in [0.1, 0.15) is 12.6 Å². The Morgan fingerprint density at radius 3 is 2.76 bits per heavy atom. The Morgan fingerprint density at radius 2 is 2.05 bits per heavy atom. The molecule has 0 saturated carbocycles. The Balaban J connectivity index is 2.04. The molecule has 0 aliphatic rings. The third-order valence-corrected chi connectivity index (χ3v) is 4.08. The zero-order chi connectivity index (χ0) is 14.7. The number of rotatable bonds is 4. The molecule has 0 atom stereocenters. The molecule has 104 valence electrons. The molecule has 4 nitrogen and oxygen atoms in total. The van der Waals surface area contributed by atoms with Gasteiger partial charge in [-0.2, -0.15) is 0 Å². The van der Waals surface area contributed by atoms with Gasteiger partial charge >= 0.3 is 0 Å². The molecule has 0 amide bonds. The van der Waals surface area contributed by atoms with Crippen molar-refractivity contribution in [3.63, 3.8) is 0 Å². The lowest BCUT2D eigenvalue weighted by molar-refractivity contribution is 1.32. The van der Waals surface area contributed by atoms with Gasteiger partial charge in [0.05, 0.1) is 16.1 Å². The number of nitrogens with zero attached hydrogens (tertiary/aromatic N) is 2. The number of fused-ring (bicyclic) bond motifs is 1. The molecule has 3 aromatic heterocycles. The van der Waals surface area contributed by atoms with Crippen LogP contribution in [0.5, 0.6) is 0 Å². The zero-order valence-corrected chi connectivity index (χ0v) is 12.3. The standard InChI is InChI=1S/C16H14N4S/c1-2-11(9-17)13-3-4-15-16(20-13)14(10-21-15)19-12-5-7-18-8-6-12/h2-10,17H,1H3,(H,18,19)/b11-2+,17-9?. The van der Waals surface area contributed by atoms with Gasteiger partial charge in [-0.3, -0.25) is 4.98 Å². The van der Waals surface area contributed by atoms with E-state index in [1.807, 2.05) is 37.3 Å². The average Bonchev–Trinajstić information content (AvgIpc) is 2.92. The van der Waals surface area contributed by atoms with Crippen LogP contribution in [0.2, 0.25) is 0 Å². The number of allylic oxidation sites excluding steroid dienone is 2. The third kappa shape index (κ3) is 2.68. The summed E-state index contributed by atoms with van der Waals surface area (Å²) in [5.74, 6) is 0. The SMILES string of the molecule is C/C=C(\C=N)c1ccc2scc(Nc3ccncc3)c2n1. The van der Waals surface area contributed by atoms with Crippen LogP contribution >= 0.6 is 11.3 Å². The summed E-state index contributed by atoms with van der Waals surface area (Å²) in [4.78, 5) is 8.70. The Bertz CT molecular complexity index is 806. The first-order valence-electron chi connectivity index (χ1n) is 6.54. The van der Waals surface area contributed by atoms with Gasteiger partial charge in [0.25, 0.3) is 0 Å². The van der Waals surface area contributed by atoms with Crippen LogP contribution in [0.3, 0.4) is 0 Å². The van der Waals surface area contributed by atoms with Crippen molar-refractivity contribution in [1.29, 1.82) is 5.41 Å². The molecule has 3 heterocycles. The van der Waals surface area contributed by atoms with Crippen molar-refractivity contribution in [3.05, 3.63) is 53.8 Å². The van der Waals surface area contributed by atoms with E-state index < -0.39 is 0 Å². The van der Waals surface area contributed by atoms with Gasteiger partial charge in [0, 0.05) is 35.2 Å². The van der Waals surface area contributed by atoms with Crippen molar-refractivity contribution < 1.29 is 0 Å². The largest absolute Gasteiger partial charge is 0.353 e. The van der Waals surface area contributed by atoms with E-state index in [4.69, 9.17) is 5.41 Å². The number of hydrogen-bond donors (Lipinski definition) is 2. The second-order valence-corrected chi connectivity index (χ2v) is 5.35. The van der Waals surface area contributed by atoms with Crippen LogP contribution in [0.4, 0.5) is 11.4 Å². The molecule has 5 heteroatoms. The van der Waals surface area contributed by atoms with E-state index in [9.17, 15) is 0 Å². The first-order chi connectivity index (χ1) is 10.3. The van der Waals surface area contributed by atoms with Crippen LogP contribution < -0.4 is 5.32 Å². The predicted molar refractivity (Wildman–Crippen MR) is 89.6 cm³/mol. The Morgan fingerprint density at radius 1 is 1.24 bits per heavy atom. The zero-order valence-electron chi connectivity index (χ0n) is 11.5. The minimum atomic E-state index is 0.816. The highest BCUT2D eigenvalue weighted by Gasteiger charge is 2.08. The molecule has 0 aliphatic carbocycles. The number of pyridine rings is 2. The third-order valence-electron chi connectivity index (χ3n) is 3.14. The molecule has 0 unspecified atom stereocenters. The Hall–Kier alpha value is -2.53. The van der Waals surface area contributed by atoms with Gasteiger partial charge in [-0.15, -0.1) is 11.3 Å². The second-order valence-electron chi connectivity index (χ2n) is 4.44. The molecule has 0 spiro atoms. The summed E-state index contributed by atoms with van der Waals surface area (Å²) >= 11 is 1.65. The van der Waals surface area contributed by atoms with Crippen LogP contribution in [0, 0.1) is 5.41 Å². The summed E-state index contributed by atoms with van der Waals surface area (Å²) in [7, 11) is 0. The fourth-order valence-electron chi connectivity index (χ4n) is 2.06. The Labute approximate surface area is 126 Å². The highest BCUT2D eigenvalue weighted by atomic mass is 32.1. The lowest BCUT2D eigenvalue weighted by Crippen LogP contribution is -1.93. The van der Waals surface area contributed by atoms with Gasteiger partial charge in [0.15, 0.2) is 0 Å². The molecular formula is C16H14N4S. The molecule has 0 saturated heterocycles. The first kappa shape index (κ1) is 13.5. The molecule has 3 rings (SSSR count). The maximum absolute atomic E-state index is 7.45. The van der Waals surface area contributed by atoms with Gasteiger partial charge in [-0.25, -0.2) is 4.98 Å². The molecule has 0 aliphatic heterocycles. The Kier molecular flexibility index (Phi) is 3.75. The quantitative estimate of drug-likeness (QED) is 0.697. The van der Waals surface area contributed by atoms with E-state index in [1.165, 1.54) is 6.21 Å². The van der Waals surface area contributed by atoms with Crippen molar-refractivity contribution in [3.8, 4) is 0 Å². The van der Waals surface area contributed by atoms with Crippen molar-refractivity contribution >= 4 is 44.7 Å². The second kappa shape index (κ2) is 5.85. The van der Waals surface area contributed by atoms with Crippen molar-refractivity contribution in [2.75, 3.05) is 5.32 Å². The van der Waals surface area contributed by atoms with E-state index in [-0.39, 0.29) is 0 Å². The van der Waals surface area contributed by atoms with Crippen molar-refractivity contribution in [1.82, 2.24) is 9.97 Å². The minimum Gasteiger partial charge on any atom is -0.353 e. The summed E-state index contributed by atoms with van der Waals surface area (Å²) in [6.45, 7) is 1.91. The van der Waals surface area contributed by atoms with Crippen LogP contribution in [0.25, 0.3) is 15.8 Å². The number of nitrogens with one attached hydrogen (secondary N) is 2.